The number of hydrogen-bond acceptors (Lipinski definition) is 5. The molecule has 0 saturated carbocycles. The third-order valence-corrected chi connectivity index (χ3v) is 1.72. The Morgan fingerprint density at radius 2 is 1.86 bits per heavy atom. The van der Waals surface area contributed by atoms with E-state index < -0.39 is 17.7 Å². The summed E-state index contributed by atoms with van der Waals surface area (Å²) in [6.45, 7) is 2.70. The van der Waals surface area contributed by atoms with Gasteiger partial charge < -0.3 is 10.5 Å². The first-order chi connectivity index (χ1) is 6.43. The molecule has 0 amide bonds. The van der Waals surface area contributed by atoms with Crippen LogP contribution in [0, 0.1) is 0 Å². The van der Waals surface area contributed by atoms with E-state index in [9.17, 15) is 14.4 Å². The summed E-state index contributed by atoms with van der Waals surface area (Å²) in [5.74, 6) is -2.20. The number of esters is 2. The predicted octanol–water partition coefficient (Wildman–Crippen LogP) is -0.182. The molecule has 74 valence electrons. The van der Waals surface area contributed by atoms with E-state index in [-0.39, 0.29) is 16.8 Å². The molecule has 1 aliphatic rings. The maximum atomic E-state index is 11.1. The number of Topliss-reactive ketones (excluding diaryl/α,β-unsaturated/α-hetero) is 1. The smallest absolute Gasteiger partial charge is 0.349 e. The number of allylic oxidation sites excluding steroid dienone is 1. The molecule has 0 radical (unpaired) electrons. The topological polar surface area (TPSA) is 86.5 Å². The van der Waals surface area contributed by atoms with Gasteiger partial charge in [0.15, 0.2) is 5.78 Å². The van der Waals surface area contributed by atoms with Gasteiger partial charge in [-0.15, -0.1) is 0 Å². The van der Waals surface area contributed by atoms with Gasteiger partial charge in [0.2, 0.25) is 0 Å². The van der Waals surface area contributed by atoms with Crippen LogP contribution in [0.3, 0.4) is 0 Å². The molecular formula is C9H9NO4. The molecule has 0 aromatic heterocycles. The Kier molecular flexibility index (Phi) is 2.51. The lowest BCUT2D eigenvalue weighted by Gasteiger charge is -2.12. The first-order valence-corrected chi connectivity index (χ1v) is 3.89. The molecule has 0 aromatic rings. The second kappa shape index (κ2) is 3.45. The molecule has 0 aliphatic carbocycles. The van der Waals surface area contributed by atoms with Crippen LogP contribution < -0.4 is 5.73 Å². The SMILES string of the molecule is CC(=O)C1=C/C(=C(\C)N)C(=O)OC1=O. The van der Waals surface area contributed by atoms with Gasteiger partial charge in [-0.2, -0.15) is 0 Å². The van der Waals surface area contributed by atoms with Gasteiger partial charge in [0.25, 0.3) is 0 Å². The van der Waals surface area contributed by atoms with E-state index in [4.69, 9.17) is 5.73 Å². The van der Waals surface area contributed by atoms with E-state index in [1.54, 1.807) is 0 Å². The standard InChI is InChI=1S/C9H9NO4/c1-4(10)6-3-7(5(2)11)9(13)14-8(6)12/h3H,10H2,1-2H3/b6-4-. The van der Waals surface area contributed by atoms with Crippen molar-refractivity contribution in [2.75, 3.05) is 0 Å². The molecule has 1 heterocycles. The predicted molar refractivity (Wildman–Crippen MR) is 46.8 cm³/mol. The molecule has 0 saturated heterocycles. The van der Waals surface area contributed by atoms with Crippen molar-refractivity contribution in [2.24, 2.45) is 5.73 Å². The van der Waals surface area contributed by atoms with E-state index in [0.717, 1.165) is 6.08 Å². The van der Waals surface area contributed by atoms with Crippen LogP contribution >= 0.6 is 0 Å². The number of hydrogen-bond donors (Lipinski definition) is 1. The molecule has 5 heteroatoms. The molecule has 0 bridgehead atoms. The minimum Gasteiger partial charge on any atom is -0.402 e. The van der Waals surface area contributed by atoms with Gasteiger partial charge in [-0.1, -0.05) is 0 Å². The molecular weight excluding hydrogens is 186 g/mol. The largest absolute Gasteiger partial charge is 0.402 e. The Hall–Kier alpha value is -1.91. The fraction of sp³-hybridized carbons (Fsp3) is 0.222. The van der Waals surface area contributed by atoms with E-state index in [2.05, 4.69) is 4.74 Å². The summed E-state index contributed by atoms with van der Waals surface area (Å²) in [5.41, 5.74) is 5.47. The second-order valence-electron chi connectivity index (χ2n) is 2.89. The Balaban J connectivity index is 3.27. The van der Waals surface area contributed by atoms with E-state index >= 15 is 0 Å². The molecule has 5 nitrogen and oxygen atoms in total. The average molecular weight is 195 g/mol. The van der Waals surface area contributed by atoms with Crippen LogP contribution in [-0.4, -0.2) is 17.7 Å². The second-order valence-corrected chi connectivity index (χ2v) is 2.89. The fourth-order valence-electron chi connectivity index (χ4n) is 0.977. The highest BCUT2D eigenvalue weighted by Crippen LogP contribution is 2.16. The van der Waals surface area contributed by atoms with Crippen LogP contribution in [0.5, 0.6) is 0 Å². The van der Waals surface area contributed by atoms with E-state index in [1.807, 2.05) is 0 Å². The summed E-state index contributed by atoms with van der Waals surface area (Å²) in [7, 11) is 0. The summed E-state index contributed by atoms with van der Waals surface area (Å²) in [4.78, 5) is 33.0. The Labute approximate surface area is 80.2 Å². The number of carbonyl (C=O) groups is 3. The van der Waals surface area contributed by atoms with Crippen molar-refractivity contribution < 1.29 is 19.1 Å². The monoisotopic (exact) mass is 195 g/mol. The van der Waals surface area contributed by atoms with Gasteiger partial charge in [0.05, 0.1) is 5.57 Å². The molecule has 1 rings (SSSR count). The van der Waals surface area contributed by atoms with Gasteiger partial charge in [0.1, 0.15) is 5.57 Å². The lowest BCUT2D eigenvalue weighted by Crippen LogP contribution is -2.25. The Morgan fingerprint density at radius 3 is 2.29 bits per heavy atom. The molecule has 14 heavy (non-hydrogen) atoms. The lowest BCUT2D eigenvalue weighted by atomic mass is 10.0. The third-order valence-electron chi connectivity index (χ3n) is 1.72. The summed E-state index contributed by atoms with van der Waals surface area (Å²) in [6, 6.07) is 0. The van der Waals surface area contributed by atoms with E-state index in [1.165, 1.54) is 13.8 Å². The normalized spacial score (nSPS) is 20.0. The lowest BCUT2D eigenvalue weighted by molar-refractivity contribution is -0.154. The third kappa shape index (κ3) is 1.71. The quantitative estimate of drug-likeness (QED) is 0.271. The molecule has 0 atom stereocenters. The van der Waals surface area contributed by atoms with Crippen molar-refractivity contribution in [3.05, 3.63) is 22.9 Å². The Morgan fingerprint density at radius 1 is 1.29 bits per heavy atom. The van der Waals surface area contributed by atoms with Gasteiger partial charge in [-0.3, -0.25) is 4.79 Å². The Bertz CT molecular complexity index is 386. The van der Waals surface area contributed by atoms with Crippen LogP contribution in [0.25, 0.3) is 0 Å². The van der Waals surface area contributed by atoms with Crippen molar-refractivity contribution in [1.29, 1.82) is 0 Å². The van der Waals surface area contributed by atoms with Crippen molar-refractivity contribution in [2.45, 2.75) is 13.8 Å². The highest BCUT2D eigenvalue weighted by atomic mass is 16.6. The number of nitrogens with two attached hydrogens (primary N) is 1. The first kappa shape index (κ1) is 10.2. The van der Waals surface area contributed by atoms with Gasteiger partial charge >= 0.3 is 11.9 Å². The van der Waals surface area contributed by atoms with Crippen LogP contribution in [-0.2, 0) is 19.1 Å². The molecule has 0 fully saturated rings. The number of rotatable bonds is 1. The van der Waals surface area contributed by atoms with Crippen LogP contribution in [0.4, 0.5) is 0 Å². The van der Waals surface area contributed by atoms with Crippen molar-refractivity contribution in [3.63, 3.8) is 0 Å². The van der Waals surface area contributed by atoms with Gasteiger partial charge in [-0.05, 0) is 19.9 Å². The molecule has 2 N–H and O–H groups in total. The van der Waals surface area contributed by atoms with Crippen LogP contribution in [0.15, 0.2) is 22.9 Å². The first-order valence-electron chi connectivity index (χ1n) is 3.89. The molecule has 0 spiro atoms. The summed E-state index contributed by atoms with van der Waals surface area (Å²) < 4.78 is 4.33. The summed E-state index contributed by atoms with van der Waals surface area (Å²) in [6.07, 6.45) is 1.16. The fourth-order valence-corrected chi connectivity index (χ4v) is 0.977. The van der Waals surface area contributed by atoms with Crippen molar-refractivity contribution >= 4 is 17.7 Å². The van der Waals surface area contributed by atoms with Gasteiger partial charge in [0, 0.05) is 5.70 Å². The minimum atomic E-state index is -0.924. The average Bonchev–Trinajstić information content (AvgIpc) is 2.02. The van der Waals surface area contributed by atoms with Crippen LogP contribution in [0.2, 0.25) is 0 Å². The zero-order valence-electron chi connectivity index (χ0n) is 7.79. The molecule has 0 unspecified atom stereocenters. The van der Waals surface area contributed by atoms with E-state index in [0.29, 0.717) is 0 Å². The number of cyclic esters (lactones) is 2. The summed E-state index contributed by atoms with van der Waals surface area (Å²) >= 11 is 0. The zero-order chi connectivity index (χ0) is 10.9. The maximum absolute atomic E-state index is 11.1. The highest BCUT2D eigenvalue weighted by molar-refractivity contribution is 6.22. The zero-order valence-corrected chi connectivity index (χ0v) is 7.79. The van der Waals surface area contributed by atoms with Crippen molar-refractivity contribution in [1.82, 2.24) is 0 Å². The molecule has 1 aliphatic heterocycles. The summed E-state index contributed by atoms with van der Waals surface area (Å²) in [5, 5.41) is 0. The van der Waals surface area contributed by atoms with Crippen molar-refractivity contribution in [3.8, 4) is 0 Å². The van der Waals surface area contributed by atoms with Crippen LogP contribution in [0.1, 0.15) is 13.8 Å². The number of ether oxygens (including phenoxy) is 1. The maximum Gasteiger partial charge on any atom is 0.349 e. The van der Waals surface area contributed by atoms with Gasteiger partial charge in [-0.25, -0.2) is 9.59 Å². The molecule has 0 aromatic carbocycles. The number of carbonyl (C=O) groups excluding carboxylic acids is 3. The number of ketones is 1. The highest BCUT2D eigenvalue weighted by Gasteiger charge is 2.28. The minimum absolute atomic E-state index is 0.0507.